The SMILES string of the molecule is Cc1ccc([C@@](C)(CC(C)(C)C)C(=O)Nc2ccc(-c3ccccc3)cc2)cc1. The van der Waals surface area contributed by atoms with E-state index in [1.807, 2.05) is 30.3 Å². The maximum Gasteiger partial charge on any atom is 0.234 e. The molecule has 0 saturated carbocycles. The van der Waals surface area contributed by atoms with Gasteiger partial charge in [-0.1, -0.05) is 93.1 Å². The number of benzene rings is 3. The Morgan fingerprint density at radius 3 is 1.86 bits per heavy atom. The molecule has 3 aromatic rings. The molecule has 0 fully saturated rings. The quantitative estimate of drug-likeness (QED) is 0.503. The molecule has 1 atom stereocenters. The van der Waals surface area contributed by atoms with Crippen LogP contribution in [-0.2, 0) is 10.2 Å². The molecule has 0 aliphatic heterocycles. The predicted octanol–water partition coefficient (Wildman–Crippen LogP) is 6.99. The van der Waals surface area contributed by atoms with Crippen molar-refractivity contribution in [2.24, 2.45) is 5.41 Å². The van der Waals surface area contributed by atoms with Crippen LogP contribution in [0.3, 0.4) is 0 Å². The molecule has 29 heavy (non-hydrogen) atoms. The highest BCUT2D eigenvalue weighted by atomic mass is 16.2. The minimum Gasteiger partial charge on any atom is -0.325 e. The van der Waals surface area contributed by atoms with Crippen molar-refractivity contribution in [2.45, 2.75) is 46.5 Å². The minimum atomic E-state index is -0.607. The van der Waals surface area contributed by atoms with Gasteiger partial charge in [-0.25, -0.2) is 0 Å². The van der Waals surface area contributed by atoms with Gasteiger partial charge in [0.05, 0.1) is 5.41 Å². The summed E-state index contributed by atoms with van der Waals surface area (Å²) < 4.78 is 0. The van der Waals surface area contributed by atoms with E-state index in [1.54, 1.807) is 0 Å². The first-order chi connectivity index (χ1) is 13.7. The Balaban J connectivity index is 1.85. The zero-order valence-corrected chi connectivity index (χ0v) is 18.1. The Morgan fingerprint density at radius 1 is 0.759 bits per heavy atom. The Hall–Kier alpha value is -2.87. The lowest BCUT2D eigenvalue weighted by atomic mass is 9.70. The van der Waals surface area contributed by atoms with E-state index in [0.717, 1.165) is 23.2 Å². The molecule has 3 rings (SSSR count). The number of hydrogen-bond donors (Lipinski definition) is 1. The predicted molar refractivity (Wildman–Crippen MR) is 123 cm³/mol. The van der Waals surface area contributed by atoms with Crippen LogP contribution in [0.5, 0.6) is 0 Å². The summed E-state index contributed by atoms with van der Waals surface area (Å²) in [6, 6.07) is 26.6. The molecule has 0 heterocycles. The first kappa shape index (κ1) is 20.9. The van der Waals surface area contributed by atoms with Gasteiger partial charge in [-0.15, -0.1) is 0 Å². The molecule has 2 heteroatoms. The van der Waals surface area contributed by atoms with Gasteiger partial charge in [0.1, 0.15) is 0 Å². The molecule has 0 radical (unpaired) electrons. The van der Waals surface area contributed by atoms with Crippen molar-refractivity contribution >= 4 is 11.6 Å². The summed E-state index contributed by atoms with van der Waals surface area (Å²) in [5, 5.41) is 3.16. The van der Waals surface area contributed by atoms with Crippen LogP contribution in [0.4, 0.5) is 5.69 Å². The van der Waals surface area contributed by atoms with E-state index in [4.69, 9.17) is 0 Å². The summed E-state index contributed by atoms with van der Waals surface area (Å²) >= 11 is 0. The summed E-state index contributed by atoms with van der Waals surface area (Å²) in [4.78, 5) is 13.4. The van der Waals surface area contributed by atoms with Crippen molar-refractivity contribution in [3.63, 3.8) is 0 Å². The fraction of sp³-hybridized carbons (Fsp3) is 0.296. The highest BCUT2D eigenvalue weighted by Gasteiger charge is 2.38. The summed E-state index contributed by atoms with van der Waals surface area (Å²) in [6.45, 7) is 10.7. The molecule has 0 unspecified atom stereocenters. The van der Waals surface area contributed by atoms with E-state index < -0.39 is 5.41 Å². The molecule has 150 valence electrons. The maximum absolute atomic E-state index is 13.4. The number of aryl methyl sites for hydroxylation is 1. The van der Waals surface area contributed by atoms with Gasteiger partial charge in [-0.3, -0.25) is 4.79 Å². The van der Waals surface area contributed by atoms with Crippen molar-refractivity contribution in [1.29, 1.82) is 0 Å². The molecule has 3 aromatic carbocycles. The van der Waals surface area contributed by atoms with Crippen molar-refractivity contribution in [2.75, 3.05) is 5.32 Å². The van der Waals surface area contributed by atoms with Crippen LogP contribution in [0.2, 0.25) is 0 Å². The zero-order chi connectivity index (χ0) is 21.1. The molecule has 1 N–H and O–H groups in total. The third-order valence-electron chi connectivity index (χ3n) is 5.32. The van der Waals surface area contributed by atoms with E-state index in [1.165, 1.54) is 11.1 Å². The summed E-state index contributed by atoms with van der Waals surface area (Å²) in [7, 11) is 0. The van der Waals surface area contributed by atoms with Crippen LogP contribution in [0, 0.1) is 12.3 Å². The first-order valence-electron chi connectivity index (χ1n) is 10.2. The Kier molecular flexibility index (Phi) is 5.93. The molecular weight excluding hydrogens is 354 g/mol. The van der Waals surface area contributed by atoms with Crippen LogP contribution in [-0.4, -0.2) is 5.91 Å². The van der Waals surface area contributed by atoms with Gasteiger partial charge < -0.3 is 5.32 Å². The van der Waals surface area contributed by atoms with Gasteiger partial charge in [0.25, 0.3) is 0 Å². The second kappa shape index (κ2) is 8.24. The van der Waals surface area contributed by atoms with Gasteiger partial charge in [0, 0.05) is 5.69 Å². The number of carbonyl (C=O) groups is 1. The van der Waals surface area contributed by atoms with Crippen molar-refractivity contribution in [3.05, 3.63) is 90.0 Å². The fourth-order valence-electron chi connectivity index (χ4n) is 3.94. The van der Waals surface area contributed by atoms with Crippen molar-refractivity contribution in [1.82, 2.24) is 0 Å². The monoisotopic (exact) mass is 385 g/mol. The summed E-state index contributed by atoms with van der Waals surface area (Å²) in [5.74, 6) is 0.0312. The highest BCUT2D eigenvalue weighted by Crippen LogP contribution is 2.38. The summed E-state index contributed by atoms with van der Waals surface area (Å²) in [6.07, 6.45) is 0.761. The van der Waals surface area contributed by atoms with Crippen LogP contribution >= 0.6 is 0 Å². The number of hydrogen-bond acceptors (Lipinski definition) is 1. The molecule has 0 aliphatic carbocycles. The Morgan fingerprint density at radius 2 is 1.31 bits per heavy atom. The Bertz CT molecular complexity index is 950. The third-order valence-corrected chi connectivity index (χ3v) is 5.32. The fourth-order valence-corrected chi connectivity index (χ4v) is 3.94. The lowest BCUT2D eigenvalue weighted by Crippen LogP contribution is -2.40. The van der Waals surface area contributed by atoms with Gasteiger partial charge in [0.2, 0.25) is 5.91 Å². The molecule has 0 spiro atoms. The van der Waals surface area contributed by atoms with E-state index in [2.05, 4.69) is 88.5 Å². The van der Waals surface area contributed by atoms with E-state index in [-0.39, 0.29) is 11.3 Å². The molecule has 2 nitrogen and oxygen atoms in total. The number of nitrogens with one attached hydrogen (secondary N) is 1. The van der Waals surface area contributed by atoms with Gasteiger partial charge >= 0.3 is 0 Å². The number of amides is 1. The molecule has 0 bridgehead atoms. The number of carbonyl (C=O) groups excluding carboxylic acids is 1. The lowest BCUT2D eigenvalue weighted by Gasteiger charge is -2.35. The normalized spacial score (nSPS) is 13.6. The second-order valence-electron chi connectivity index (χ2n) is 9.33. The lowest BCUT2D eigenvalue weighted by molar-refractivity contribution is -0.122. The second-order valence-corrected chi connectivity index (χ2v) is 9.33. The smallest absolute Gasteiger partial charge is 0.234 e. The maximum atomic E-state index is 13.4. The van der Waals surface area contributed by atoms with E-state index in [9.17, 15) is 4.79 Å². The standard InChI is InChI=1S/C27H31NO/c1-20-11-15-23(16-12-20)27(5,19-26(2,3)4)25(29)28-24-17-13-22(14-18-24)21-9-7-6-8-10-21/h6-18H,19H2,1-5H3,(H,28,29)/t27-/m1/s1. The molecule has 0 saturated heterocycles. The van der Waals surface area contributed by atoms with E-state index >= 15 is 0 Å². The third kappa shape index (κ3) is 5.14. The van der Waals surface area contributed by atoms with Crippen molar-refractivity contribution < 1.29 is 4.79 Å². The van der Waals surface area contributed by atoms with Crippen LogP contribution in [0.1, 0.15) is 45.2 Å². The highest BCUT2D eigenvalue weighted by molar-refractivity contribution is 5.99. The van der Waals surface area contributed by atoms with Crippen LogP contribution < -0.4 is 5.32 Å². The van der Waals surface area contributed by atoms with E-state index in [0.29, 0.717) is 0 Å². The topological polar surface area (TPSA) is 29.1 Å². The van der Waals surface area contributed by atoms with Gasteiger partial charge in [0.15, 0.2) is 0 Å². The van der Waals surface area contributed by atoms with Gasteiger partial charge in [-0.2, -0.15) is 0 Å². The summed E-state index contributed by atoms with van der Waals surface area (Å²) in [5.41, 5.74) is 4.79. The minimum absolute atomic E-state index is 0.0220. The average Bonchev–Trinajstić information content (AvgIpc) is 2.68. The largest absolute Gasteiger partial charge is 0.325 e. The number of rotatable bonds is 5. The average molecular weight is 386 g/mol. The van der Waals surface area contributed by atoms with Crippen LogP contribution in [0.15, 0.2) is 78.9 Å². The number of anilines is 1. The first-order valence-corrected chi connectivity index (χ1v) is 10.2. The Labute approximate surface area is 175 Å². The molecule has 0 aliphatic rings. The van der Waals surface area contributed by atoms with Crippen molar-refractivity contribution in [3.8, 4) is 11.1 Å². The molecule has 1 amide bonds. The van der Waals surface area contributed by atoms with Gasteiger partial charge in [-0.05, 0) is 54.5 Å². The zero-order valence-electron chi connectivity index (χ0n) is 18.1. The molecular formula is C27H31NO. The van der Waals surface area contributed by atoms with Crippen LogP contribution in [0.25, 0.3) is 11.1 Å². The molecule has 0 aromatic heterocycles.